The van der Waals surface area contributed by atoms with Gasteiger partial charge in [-0.05, 0) is 48.6 Å². The molecule has 0 fully saturated rings. The van der Waals surface area contributed by atoms with E-state index in [0.717, 1.165) is 0 Å². The quantitative estimate of drug-likeness (QED) is 0.218. The smallest absolute Gasteiger partial charge is 0.203 e. The van der Waals surface area contributed by atoms with Crippen LogP contribution in [0.1, 0.15) is 21.9 Å². The Bertz CT molecular complexity index is 1020. The van der Waals surface area contributed by atoms with E-state index in [0.29, 0.717) is 10.6 Å². The van der Waals surface area contributed by atoms with Crippen LogP contribution in [-0.2, 0) is 6.61 Å². The molecule has 0 aliphatic carbocycles. The van der Waals surface area contributed by atoms with Crippen molar-refractivity contribution in [2.75, 3.05) is 0 Å². The second-order valence-electron chi connectivity index (χ2n) is 5.59. The number of carbonyl (C=O) groups excluding carboxylic acids is 1. The SMILES string of the molecule is O=C(/C=C/c1ccc(COc2c(F)c(F)cc(F)c2F)o1)c1ccc(Cl)cc1. The van der Waals surface area contributed by atoms with Crippen molar-refractivity contribution >= 4 is 23.5 Å². The van der Waals surface area contributed by atoms with E-state index in [1.165, 1.54) is 24.3 Å². The number of halogens is 5. The van der Waals surface area contributed by atoms with Crippen molar-refractivity contribution < 1.29 is 31.5 Å². The highest BCUT2D eigenvalue weighted by molar-refractivity contribution is 6.30. The Morgan fingerprint density at radius 3 is 2.29 bits per heavy atom. The first-order valence-electron chi connectivity index (χ1n) is 7.87. The molecule has 0 spiro atoms. The van der Waals surface area contributed by atoms with E-state index in [4.69, 9.17) is 20.8 Å². The Morgan fingerprint density at radius 2 is 1.64 bits per heavy atom. The molecule has 0 aliphatic rings. The first-order valence-corrected chi connectivity index (χ1v) is 8.25. The summed E-state index contributed by atoms with van der Waals surface area (Å²) in [6.45, 7) is -0.476. The molecule has 1 heterocycles. The van der Waals surface area contributed by atoms with Gasteiger partial charge in [0.1, 0.15) is 18.1 Å². The van der Waals surface area contributed by atoms with Crippen LogP contribution in [0.15, 0.2) is 53.0 Å². The Morgan fingerprint density at radius 1 is 1.00 bits per heavy atom. The third-order valence-corrected chi connectivity index (χ3v) is 3.89. The van der Waals surface area contributed by atoms with Crippen LogP contribution in [0.4, 0.5) is 17.6 Å². The van der Waals surface area contributed by atoms with Crippen molar-refractivity contribution in [3.63, 3.8) is 0 Å². The van der Waals surface area contributed by atoms with Gasteiger partial charge in [0, 0.05) is 16.7 Å². The van der Waals surface area contributed by atoms with Gasteiger partial charge in [-0.15, -0.1) is 0 Å². The molecule has 0 bridgehead atoms. The predicted molar refractivity (Wildman–Crippen MR) is 94.1 cm³/mol. The maximum Gasteiger partial charge on any atom is 0.203 e. The van der Waals surface area contributed by atoms with E-state index < -0.39 is 35.6 Å². The van der Waals surface area contributed by atoms with Gasteiger partial charge in [0.2, 0.25) is 11.6 Å². The Labute approximate surface area is 161 Å². The third kappa shape index (κ3) is 4.43. The number of ketones is 1. The highest BCUT2D eigenvalue weighted by atomic mass is 35.5. The van der Waals surface area contributed by atoms with Gasteiger partial charge in [0.05, 0.1) is 0 Å². The topological polar surface area (TPSA) is 39.4 Å². The maximum atomic E-state index is 13.6. The molecule has 1 aromatic heterocycles. The van der Waals surface area contributed by atoms with Gasteiger partial charge in [0.15, 0.2) is 23.2 Å². The monoisotopic (exact) mass is 410 g/mol. The van der Waals surface area contributed by atoms with Gasteiger partial charge < -0.3 is 9.15 Å². The average Bonchev–Trinajstić information content (AvgIpc) is 3.13. The number of furan rings is 1. The van der Waals surface area contributed by atoms with Crippen molar-refractivity contribution in [3.8, 4) is 5.75 Å². The molecule has 0 N–H and O–H groups in total. The summed E-state index contributed by atoms with van der Waals surface area (Å²) >= 11 is 5.76. The molecular formula is C20H11ClF4O3. The molecule has 0 saturated carbocycles. The molecule has 2 aromatic carbocycles. The molecule has 28 heavy (non-hydrogen) atoms. The summed E-state index contributed by atoms with van der Waals surface area (Å²) in [5.74, 6) is -7.49. The molecule has 144 valence electrons. The van der Waals surface area contributed by atoms with Crippen molar-refractivity contribution in [1.82, 2.24) is 0 Å². The largest absolute Gasteiger partial charge is 0.479 e. The first kappa shape index (κ1) is 19.7. The molecule has 0 aliphatic heterocycles. The van der Waals surface area contributed by atoms with Crippen LogP contribution in [0.25, 0.3) is 6.08 Å². The summed E-state index contributed by atoms with van der Waals surface area (Å²) in [6, 6.07) is 9.30. The van der Waals surface area contributed by atoms with Crippen LogP contribution >= 0.6 is 11.6 Å². The van der Waals surface area contributed by atoms with E-state index in [1.807, 2.05) is 0 Å². The molecule has 8 heteroatoms. The number of hydrogen-bond donors (Lipinski definition) is 0. The lowest BCUT2D eigenvalue weighted by Gasteiger charge is -2.08. The van der Waals surface area contributed by atoms with E-state index in [1.54, 1.807) is 24.3 Å². The van der Waals surface area contributed by atoms with Crippen molar-refractivity contribution in [3.05, 3.63) is 93.9 Å². The summed E-state index contributed by atoms with van der Waals surface area (Å²) in [6.07, 6.45) is 2.66. The van der Waals surface area contributed by atoms with Gasteiger partial charge in [-0.3, -0.25) is 4.79 Å². The number of allylic oxidation sites excluding steroid dienone is 1. The molecule has 0 radical (unpaired) electrons. The molecule has 0 amide bonds. The number of hydrogen-bond acceptors (Lipinski definition) is 3. The summed E-state index contributed by atoms with van der Waals surface area (Å²) in [7, 11) is 0. The zero-order valence-electron chi connectivity index (χ0n) is 14.0. The lowest BCUT2D eigenvalue weighted by molar-refractivity contribution is 0.104. The molecule has 3 aromatic rings. The fraction of sp³-hybridized carbons (Fsp3) is 0.0500. The minimum Gasteiger partial charge on any atom is -0.479 e. The molecule has 0 atom stereocenters. The van der Waals surface area contributed by atoms with Gasteiger partial charge >= 0.3 is 0 Å². The minimum absolute atomic E-state index is 0.0883. The molecule has 3 nitrogen and oxygen atoms in total. The number of rotatable bonds is 6. The van der Waals surface area contributed by atoms with Gasteiger partial charge in [-0.1, -0.05) is 11.6 Å². The Hall–Kier alpha value is -3.06. The second-order valence-corrected chi connectivity index (χ2v) is 6.03. The lowest BCUT2D eigenvalue weighted by Crippen LogP contribution is -2.03. The number of benzene rings is 2. The van der Waals surface area contributed by atoms with Crippen molar-refractivity contribution in [1.29, 1.82) is 0 Å². The van der Waals surface area contributed by atoms with E-state index in [9.17, 15) is 22.4 Å². The van der Waals surface area contributed by atoms with Crippen molar-refractivity contribution in [2.24, 2.45) is 0 Å². The van der Waals surface area contributed by atoms with E-state index in [-0.39, 0.29) is 23.4 Å². The van der Waals surface area contributed by atoms with Crippen molar-refractivity contribution in [2.45, 2.75) is 6.61 Å². The summed E-state index contributed by atoms with van der Waals surface area (Å²) in [5, 5.41) is 0.502. The summed E-state index contributed by atoms with van der Waals surface area (Å²) in [5.41, 5.74) is 0.426. The average molecular weight is 411 g/mol. The zero-order chi connectivity index (χ0) is 20.3. The van der Waals surface area contributed by atoms with Gasteiger partial charge in [-0.25, -0.2) is 8.78 Å². The van der Waals surface area contributed by atoms with Crippen LogP contribution in [-0.4, -0.2) is 5.78 Å². The standard InChI is InChI=1S/C20H11ClF4O3/c21-12-3-1-11(2-4-12)17(26)8-7-13-5-6-14(28-13)10-27-20-18(24)15(22)9-16(23)19(20)25/h1-9H,10H2/b8-7+. The zero-order valence-corrected chi connectivity index (χ0v) is 14.8. The normalized spacial score (nSPS) is 11.2. The van der Waals surface area contributed by atoms with Gasteiger partial charge in [0.25, 0.3) is 0 Å². The number of ether oxygens (including phenoxy) is 1. The first-order chi connectivity index (χ1) is 13.3. The molecule has 0 unspecified atom stereocenters. The highest BCUT2D eigenvalue weighted by Crippen LogP contribution is 2.27. The fourth-order valence-corrected chi connectivity index (χ4v) is 2.38. The maximum absolute atomic E-state index is 13.6. The van der Waals surface area contributed by atoms with Crippen LogP contribution < -0.4 is 4.74 Å². The highest BCUT2D eigenvalue weighted by Gasteiger charge is 2.21. The lowest BCUT2D eigenvalue weighted by atomic mass is 10.1. The Kier molecular flexibility index (Phi) is 5.84. The minimum atomic E-state index is -1.64. The molecule has 0 saturated heterocycles. The van der Waals surface area contributed by atoms with Crippen LogP contribution in [0.5, 0.6) is 5.75 Å². The van der Waals surface area contributed by atoms with Crippen LogP contribution in [0, 0.1) is 23.3 Å². The third-order valence-electron chi connectivity index (χ3n) is 3.64. The summed E-state index contributed by atoms with van der Waals surface area (Å²) < 4.78 is 63.6. The fourth-order valence-electron chi connectivity index (χ4n) is 2.25. The predicted octanol–water partition coefficient (Wildman–Crippen LogP) is 5.96. The Balaban J connectivity index is 1.66. The number of carbonyl (C=O) groups is 1. The molecule has 3 rings (SSSR count). The van der Waals surface area contributed by atoms with Gasteiger partial charge in [-0.2, -0.15) is 8.78 Å². The second kappa shape index (κ2) is 8.31. The summed E-state index contributed by atoms with van der Waals surface area (Å²) in [4.78, 5) is 12.0. The van der Waals surface area contributed by atoms with E-state index >= 15 is 0 Å². The van der Waals surface area contributed by atoms with Crippen LogP contribution in [0.3, 0.4) is 0 Å². The van der Waals surface area contributed by atoms with E-state index in [2.05, 4.69) is 0 Å². The molecular weight excluding hydrogens is 400 g/mol. The van der Waals surface area contributed by atoms with Crippen LogP contribution in [0.2, 0.25) is 5.02 Å².